The third kappa shape index (κ3) is 2.44. The number of nitrogens with zero attached hydrogens (tertiary/aromatic N) is 1. The number of likely N-dealkylation sites (tertiary alicyclic amines) is 1. The fraction of sp³-hybridized carbons (Fsp3) is 0.917. The Hall–Kier alpha value is -0.730. The maximum absolute atomic E-state index is 11.8. The Balaban J connectivity index is 1.82. The Labute approximate surface area is 92.2 Å². The van der Waals surface area contributed by atoms with Crippen LogP contribution in [-0.2, 0) is 0 Å². The van der Waals surface area contributed by atoms with Gasteiger partial charge in [0, 0.05) is 19.6 Å². The molecule has 86 valence electrons. The first-order chi connectivity index (χ1) is 7.31. The summed E-state index contributed by atoms with van der Waals surface area (Å²) in [7, 11) is 0. The second-order valence-corrected chi connectivity index (χ2v) is 4.94. The molecule has 3 nitrogen and oxygen atoms in total. The van der Waals surface area contributed by atoms with Crippen molar-refractivity contribution in [3.8, 4) is 0 Å². The molecule has 0 aromatic carbocycles. The summed E-state index contributed by atoms with van der Waals surface area (Å²) in [5.74, 6) is 1.59. The smallest absolute Gasteiger partial charge is 0.317 e. The molecule has 0 aromatic rings. The van der Waals surface area contributed by atoms with E-state index in [9.17, 15) is 4.79 Å². The molecule has 2 aliphatic rings. The molecule has 0 spiro atoms. The van der Waals surface area contributed by atoms with E-state index in [-0.39, 0.29) is 6.03 Å². The molecular formula is C12H22N2O. The number of nitrogens with one attached hydrogen (secondary N) is 1. The number of carbonyl (C=O) groups excluding carboxylic acids is 1. The Morgan fingerprint density at radius 1 is 1.27 bits per heavy atom. The van der Waals surface area contributed by atoms with Gasteiger partial charge >= 0.3 is 6.03 Å². The third-order valence-corrected chi connectivity index (χ3v) is 3.79. The Bertz CT molecular complexity index is 216. The lowest BCUT2D eigenvalue weighted by molar-refractivity contribution is 0.206. The molecular weight excluding hydrogens is 188 g/mol. The number of rotatable bonds is 2. The lowest BCUT2D eigenvalue weighted by atomic mass is 9.82. The van der Waals surface area contributed by atoms with E-state index in [0.29, 0.717) is 0 Å². The number of amides is 2. The van der Waals surface area contributed by atoms with Gasteiger partial charge in [-0.3, -0.25) is 0 Å². The van der Waals surface area contributed by atoms with Gasteiger partial charge in [0.1, 0.15) is 0 Å². The van der Waals surface area contributed by atoms with E-state index in [1.807, 2.05) is 4.90 Å². The zero-order chi connectivity index (χ0) is 10.7. The SMILES string of the molecule is CCCNC(=O)N1CC2CCCCC2C1. The first-order valence-corrected chi connectivity index (χ1v) is 6.34. The van der Waals surface area contributed by atoms with Crippen LogP contribution in [-0.4, -0.2) is 30.6 Å². The third-order valence-electron chi connectivity index (χ3n) is 3.79. The number of carbonyl (C=O) groups is 1. The van der Waals surface area contributed by atoms with Crippen molar-refractivity contribution >= 4 is 6.03 Å². The van der Waals surface area contributed by atoms with Gasteiger partial charge in [-0.05, 0) is 31.1 Å². The van der Waals surface area contributed by atoms with Crippen LogP contribution in [0.4, 0.5) is 4.79 Å². The minimum absolute atomic E-state index is 0.159. The maximum Gasteiger partial charge on any atom is 0.317 e. The molecule has 1 N–H and O–H groups in total. The first-order valence-electron chi connectivity index (χ1n) is 6.34. The summed E-state index contributed by atoms with van der Waals surface area (Å²) in [6.45, 7) is 4.90. The van der Waals surface area contributed by atoms with Crippen molar-refractivity contribution in [2.24, 2.45) is 11.8 Å². The quantitative estimate of drug-likeness (QED) is 0.744. The normalized spacial score (nSPS) is 30.1. The minimum Gasteiger partial charge on any atom is -0.338 e. The Kier molecular flexibility index (Phi) is 3.49. The van der Waals surface area contributed by atoms with Crippen molar-refractivity contribution in [3.63, 3.8) is 0 Å². The van der Waals surface area contributed by atoms with E-state index in [2.05, 4.69) is 12.2 Å². The summed E-state index contributed by atoms with van der Waals surface area (Å²) in [5, 5.41) is 2.97. The van der Waals surface area contributed by atoms with Crippen molar-refractivity contribution in [2.75, 3.05) is 19.6 Å². The summed E-state index contributed by atoms with van der Waals surface area (Å²) in [5.41, 5.74) is 0. The fourth-order valence-electron chi connectivity index (χ4n) is 2.92. The zero-order valence-electron chi connectivity index (χ0n) is 9.67. The lowest BCUT2D eigenvalue weighted by Crippen LogP contribution is -2.38. The van der Waals surface area contributed by atoms with E-state index in [4.69, 9.17) is 0 Å². The molecule has 2 amide bonds. The largest absolute Gasteiger partial charge is 0.338 e. The van der Waals surface area contributed by atoms with Gasteiger partial charge in [0.25, 0.3) is 0 Å². The standard InChI is InChI=1S/C12H22N2O/c1-2-7-13-12(15)14-8-10-5-3-4-6-11(10)9-14/h10-11H,2-9H2,1H3,(H,13,15). The highest BCUT2D eigenvalue weighted by Gasteiger charge is 2.36. The topological polar surface area (TPSA) is 32.3 Å². The molecule has 1 saturated carbocycles. The molecule has 0 bridgehead atoms. The molecule has 0 aromatic heterocycles. The van der Waals surface area contributed by atoms with E-state index in [0.717, 1.165) is 37.9 Å². The van der Waals surface area contributed by atoms with Crippen LogP contribution < -0.4 is 5.32 Å². The molecule has 1 aliphatic heterocycles. The van der Waals surface area contributed by atoms with Crippen LogP contribution in [0.15, 0.2) is 0 Å². The molecule has 2 rings (SSSR count). The summed E-state index contributed by atoms with van der Waals surface area (Å²) >= 11 is 0. The van der Waals surface area contributed by atoms with Gasteiger partial charge in [0.2, 0.25) is 0 Å². The van der Waals surface area contributed by atoms with Crippen molar-refractivity contribution in [3.05, 3.63) is 0 Å². The van der Waals surface area contributed by atoms with Crippen LogP contribution in [0.25, 0.3) is 0 Å². The molecule has 15 heavy (non-hydrogen) atoms. The summed E-state index contributed by atoms with van der Waals surface area (Å²) < 4.78 is 0. The summed E-state index contributed by atoms with van der Waals surface area (Å²) in [4.78, 5) is 13.8. The maximum atomic E-state index is 11.8. The van der Waals surface area contributed by atoms with Crippen molar-refractivity contribution in [2.45, 2.75) is 39.0 Å². The summed E-state index contributed by atoms with van der Waals surface area (Å²) in [6, 6.07) is 0.159. The first kappa shape index (κ1) is 10.8. The van der Waals surface area contributed by atoms with Gasteiger partial charge in [0.15, 0.2) is 0 Å². The highest BCUT2D eigenvalue weighted by molar-refractivity contribution is 5.74. The van der Waals surface area contributed by atoms with Crippen LogP contribution in [0.3, 0.4) is 0 Å². The Morgan fingerprint density at radius 3 is 2.40 bits per heavy atom. The highest BCUT2D eigenvalue weighted by atomic mass is 16.2. The molecule has 1 aliphatic carbocycles. The van der Waals surface area contributed by atoms with Crippen molar-refractivity contribution in [1.82, 2.24) is 10.2 Å². The molecule has 3 heteroatoms. The number of hydrogen-bond acceptors (Lipinski definition) is 1. The fourth-order valence-corrected chi connectivity index (χ4v) is 2.92. The van der Waals surface area contributed by atoms with Gasteiger partial charge in [-0.25, -0.2) is 4.79 Å². The van der Waals surface area contributed by atoms with Crippen molar-refractivity contribution in [1.29, 1.82) is 0 Å². The average Bonchev–Trinajstić information content (AvgIpc) is 2.69. The average molecular weight is 210 g/mol. The van der Waals surface area contributed by atoms with Crippen LogP contribution in [0.1, 0.15) is 39.0 Å². The van der Waals surface area contributed by atoms with Gasteiger partial charge in [0.05, 0.1) is 0 Å². The highest BCUT2D eigenvalue weighted by Crippen LogP contribution is 2.35. The molecule has 1 heterocycles. The minimum atomic E-state index is 0.159. The Morgan fingerprint density at radius 2 is 1.87 bits per heavy atom. The summed E-state index contributed by atoms with van der Waals surface area (Å²) in [6.07, 6.45) is 6.42. The molecule has 1 saturated heterocycles. The van der Waals surface area contributed by atoms with E-state index in [1.54, 1.807) is 0 Å². The van der Waals surface area contributed by atoms with Gasteiger partial charge in [-0.1, -0.05) is 19.8 Å². The number of hydrogen-bond donors (Lipinski definition) is 1. The predicted octanol–water partition coefficient (Wildman–Crippen LogP) is 2.23. The van der Waals surface area contributed by atoms with Crippen LogP contribution >= 0.6 is 0 Å². The number of fused-ring (bicyclic) bond motifs is 1. The second-order valence-electron chi connectivity index (χ2n) is 4.94. The van der Waals surface area contributed by atoms with Gasteiger partial charge in [-0.15, -0.1) is 0 Å². The predicted molar refractivity (Wildman–Crippen MR) is 60.7 cm³/mol. The van der Waals surface area contributed by atoms with Gasteiger partial charge in [-0.2, -0.15) is 0 Å². The molecule has 2 atom stereocenters. The lowest BCUT2D eigenvalue weighted by Gasteiger charge is -2.22. The van der Waals surface area contributed by atoms with Gasteiger partial charge < -0.3 is 10.2 Å². The van der Waals surface area contributed by atoms with E-state index >= 15 is 0 Å². The monoisotopic (exact) mass is 210 g/mol. The van der Waals surface area contributed by atoms with Crippen LogP contribution in [0.2, 0.25) is 0 Å². The van der Waals surface area contributed by atoms with Crippen LogP contribution in [0, 0.1) is 11.8 Å². The zero-order valence-corrected chi connectivity index (χ0v) is 9.67. The van der Waals surface area contributed by atoms with E-state index in [1.165, 1.54) is 25.7 Å². The molecule has 2 unspecified atom stereocenters. The van der Waals surface area contributed by atoms with Crippen LogP contribution in [0.5, 0.6) is 0 Å². The molecule has 0 radical (unpaired) electrons. The second kappa shape index (κ2) is 4.86. The molecule has 2 fully saturated rings. The van der Waals surface area contributed by atoms with E-state index < -0.39 is 0 Å². The van der Waals surface area contributed by atoms with Crippen molar-refractivity contribution < 1.29 is 4.79 Å². The number of urea groups is 1.